The minimum absolute atomic E-state index is 0.0378. The van der Waals surface area contributed by atoms with Gasteiger partial charge >= 0.3 is 0 Å². The smallest absolute Gasteiger partial charge is 0.261 e. The number of benzene rings is 1. The van der Waals surface area contributed by atoms with E-state index in [1.54, 1.807) is 0 Å². The summed E-state index contributed by atoms with van der Waals surface area (Å²) < 4.78 is 0. The monoisotopic (exact) mass is 344 g/mol. The Balaban J connectivity index is 1.45. The maximum absolute atomic E-state index is 12.2. The molecular formula is C19H24N2O2S. The largest absolute Gasteiger partial charge is 0.387 e. The fourth-order valence-corrected chi connectivity index (χ4v) is 3.87. The van der Waals surface area contributed by atoms with Crippen LogP contribution >= 0.6 is 11.3 Å². The van der Waals surface area contributed by atoms with E-state index in [-0.39, 0.29) is 11.9 Å². The molecule has 0 radical (unpaired) electrons. The van der Waals surface area contributed by atoms with E-state index in [1.807, 2.05) is 49.4 Å². The van der Waals surface area contributed by atoms with Crippen molar-refractivity contribution in [2.24, 2.45) is 0 Å². The highest BCUT2D eigenvalue weighted by molar-refractivity contribution is 7.13. The van der Waals surface area contributed by atoms with Gasteiger partial charge in [0.1, 0.15) is 0 Å². The third kappa shape index (κ3) is 4.44. The molecule has 0 aliphatic carbocycles. The molecule has 0 saturated carbocycles. The molecule has 1 fully saturated rings. The van der Waals surface area contributed by atoms with Crippen molar-refractivity contribution in [3.05, 3.63) is 57.8 Å². The van der Waals surface area contributed by atoms with E-state index in [1.165, 1.54) is 11.3 Å². The first kappa shape index (κ1) is 17.1. The number of nitrogens with one attached hydrogen (secondary N) is 1. The van der Waals surface area contributed by atoms with Crippen molar-refractivity contribution in [3.8, 4) is 0 Å². The van der Waals surface area contributed by atoms with Gasteiger partial charge in [-0.1, -0.05) is 30.3 Å². The van der Waals surface area contributed by atoms with Gasteiger partial charge in [-0.05, 0) is 37.5 Å². The van der Waals surface area contributed by atoms with Crippen LogP contribution in [0.2, 0.25) is 0 Å². The summed E-state index contributed by atoms with van der Waals surface area (Å²) in [4.78, 5) is 16.4. The molecule has 1 aliphatic rings. The second-order valence-corrected chi connectivity index (χ2v) is 7.67. The van der Waals surface area contributed by atoms with Crippen LogP contribution in [0, 0.1) is 6.92 Å². The van der Waals surface area contributed by atoms with E-state index in [2.05, 4.69) is 10.2 Å². The van der Waals surface area contributed by atoms with Gasteiger partial charge in [-0.25, -0.2) is 0 Å². The average Bonchev–Trinajstić information content (AvgIpc) is 3.04. The third-order valence-corrected chi connectivity index (χ3v) is 5.50. The quantitative estimate of drug-likeness (QED) is 0.877. The summed E-state index contributed by atoms with van der Waals surface area (Å²) in [5.74, 6) is 0.0378. The molecule has 2 N–H and O–H groups in total. The maximum Gasteiger partial charge on any atom is 0.261 e. The van der Waals surface area contributed by atoms with E-state index in [4.69, 9.17) is 0 Å². The SMILES string of the molecule is Cc1ccc(C(=O)NC2CCN(CC(O)c3ccccc3)CC2)s1. The average molecular weight is 344 g/mol. The third-order valence-electron chi connectivity index (χ3n) is 4.50. The van der Waals surface area contributed by atoms with Crippen molar-refractivity contribution in [3.63, 3.8) is 0 Å². The van der Waals surface area contributed by atoms with Crippen molar-refractivity contribution < 1.29 is 9.90 Å². The Morgan fingerprint density at radius 1 is 1.25 bits per heavy atom. The van der Waals surface area contributed by atoms with E-state index in [0.717, 1.165) is 41.2 Å². The van der Waals surface area contributed by atoms with Crippen LogP contribution in [0.1, 0.15) is 39.1 Å². The second kappa shape index (κ2) is 7.92. The van der Waals surface area contributed by atoms with Crippen LogP contribution in [0.15, 0.2) is 42.5 Å². The predicted molar refractivity (Wildman–Crippen MR) is 97.4 cm³/mol. The summed E-state index contributed by atoms with van der Waals surface area (Å²) in [6.45, 7) is 4.46. The van der Waals surface area contributed by atoms with Crippen LogP contribution in [-0.4, -0.2) is 41.6 Å². The molecule has 1 aliphatic heterocycles. The number of hydrogen-bond donors (Lipinski definition) is 2. The van der Waals surface area contributed by atoms with Crippen molar-refractivity contribution in [2.75, 3.05) is 19.6 Å². The lowest BCUT2D eigenvalue weighted by Crippen LogP contribution is -2.45. The standard InChI is InChI=1S/C19H24N2O2S/c1-14-7-8-18(24-14)19(23)20-16-9-11-21(12-10-16)13-17(22)15-5-3-2-4-6-15/h2-8,16-17,22H,9-13H2,1H3,(H,20,23). The highest BCUT2D eigenvalue weighted by Gasteiger charge is 2.23. The number of hydrogen-bond acceptors (Lipinski definition) is 4. The van der Waals surface area contributed by atoms with Gasteiger partial charge in [-0.3, -0.25) is 4.79 Å². The molecule has 5 heteroatoms. The lowest BCUT2D eigenvalue weighted by molar-refractivity contribution is 0.0830. The number of aryl methyl sites for hydroxylation is 1. The van der Waals surface area contributed by atoms with Gasteiger partial charge in [-0.15, -0.1) is 11.3 Å². The summed E-state index contributed by atoms with van der Waals surface area (Å²) in [5, 5.41) is 13.5. The van der Waals surface area contributed by atoms with Gasteiger partial charge in [0.25, 0.3) is 5.91 Å². The van der Waals surface area contributed by atoms with Gasteiger partial charge in [0.15, 0.2) is 0 Å². The number of likely N-dealkylation sites (tertiary alicyclic amines) is 1. The molecule has 1 amide bonds. The van der Waals surface area contributed by atoms with Crippen LogP contribution in [0.4, 0.5) is 0 Å². The van der Waals surface area contributed by atoms with Crippen LogP contribution < -0.4 is 5.32 Å². The minimum Gasteiger partial charge on any atom is -0.387 e. The molecule has 0 bridgehead atoms. The first-order valence-electron chi connectivity index (χ1n) is 8.44. The molecule has 1 aromatic heterocycles. The maximum atomic E-state index is 12.2. The molecule has 24 heavy (non-hydrogen) atoms. The summed E-state index contributed by atoms with van der Waals surface area (Å²) in [7, 11) is 0. The van der Waals surface area contributed by atoms with Crippen molar-refractivity contribution in [2.45, 2.75) is 31.9 Å². The number of nitrogens with zero attached hydrogens (tertiary/aromatic N) is 1. The molecule has 2 heterocycles. The first-order valence-corrected chi connectivity index (χ1v) is 9.26. The molecule has 128 valence electrons. The van der Waals surface area contributed by atoms with Crippen LogP contribution in [0.25, 0.3) is 0 Å². The van der Waals surface area contributed by atoms with Gasteiger partial charge < -0.3 is 15.3 Å². The summed E-state index contributed by atoms with van der Waals surface area (Å²) in [6.07, 6.45) is 1.40. The Bertz CT molecular complexity index is 663. The Morgan fingerprint density at radius 2 is 1.96 bits per heavy atom. The van der Waals surface area contributed by atoms with Crippen molar-refractivity contribution >= 4 is 17.2 Å². The molecular weight excluding hydrogens is 320 g/mol. The number of β-amino-alcohol motifs (C(OH)–C–C–N with tert-alkyl or cyclic N) is 1. The van der Waals surface area contributed by atoms with Gasteiger partial charge in [-0.2, -0.15) is 0 Å². The highest BCUT2D eigenvalue weighted by atomic mass is 32.1. The van der Waals surface area contributed by atoms with E-state index < -0.39 is 6.10 Å². The number of rotatable bonds is 5. The molecule has 3 rings (SSSR count). The summed E-state index contributed by atoms with van der Waals surface area (Å²) in [5.41, 5.74) is 0.959. The number of carbonyl (C=O) groups is 1. The highest BCUT2D eigenvalue weighted by Crippen LogP contribution is 2.19. The lowest BCUT2D eigenvalue weighted by atomic mass is 10.0. The molecule has 1 unspecified atom stereocenters. The number of aliphatic hydroxyl groups is 1. The molecule has 2 aromatic rings. The Labute approximate surface area is 147 Å². The predicted octanol–water partition coefficient (Wildman–Crippen LogP) is 2.98. The van der Waals surface area contributed by atoms with Crippen molar-refractivity contribution in [1.82, 2.24) is 10.2 Å². The zero-order chi connectivity index (χ0) is 16.9. The van der Waals surface area contributed by atoms with Gasteiger partial charge in [0.05, 0.1) is 11.0 Å². The molecule has 1 aromatic carbocycles. The van der Waals surface area contributed by atoms with Crippen LogP contribution in [-0.2, 0) is 0 Å². The topological polar surface area (TPSA) is 52.6 Å². The number of piperidine rings is 1. The number of amides is 1. The van der Waals surface area contributed by atoms with E-state index >= 15 is 0 Å². The van der Waals surface area contributed by atoms with Crippen LogP contribution in [0.3, 0.4) is 0 Å². The number of carbonyl (C=O) groups excluding carboxylic acids is 1. The Morgan fingerprint density at radius 3 is 2.58 bits per heavy atom. The summed E-state index contributed by atoms with van der Waals surface area (Å²) in [6, 6.07) is 13.9. The zero-order valence-electron chi connectivity index (χ0n) is 13.9. The fraction of sp³-hybridized carbons (Fsp3) is 0.421. The lowest BCUT2D eigenvalue weighted by Gasteiger charge is -2.33. The van der Waals surface area contributed by atoms with Gasteiger partial charge in [0.2, 0.25) is 0 Å². The fourth-order valence-electron chi connectivity index (χ4n) is 3.10. The minimum atomic E-state index is -0.452. The Hall–Kier alpha value is -1.69. The number of aliphatic hydroxyl groups excluding tert-OH is 1. The van der Waals surface area contributed by atoms with E-state index in [9.17, 15) is 9.90 Å². The second-order valence-electron chi connectivity index (χ2n) is 6.39. The van der Waals surface area contributed by atoms with Crippen molar-refractivity contribution in [1.29, 1.82) is 0 Å². The molecule has 1 saturated heterocycles. The van der Waals surface area contributed by atoms with Crippen LogP contribution in [0.5, 0.6) is 0 Å². The molecule has 0 spiro atoms. The Kier molecular flexibility index (Phi) is 5.66. The summed E-state index contributed by atoms with van der Waals surface area (Å²) >= 11 is 1.54. The van der Waals surface area contributed by atoms with E-state index in [0.29, 0.717) is 6.54 Å². The molecule has 1 atom stereocenters. The number of thiophene rings is 1. The normalized spacial score (nSPS) is 17.6. The zero-order valence-corrected chi connectivity index (χ0v) is 14.8. The van der Waals surface area contributed by atoms with Gasteiger partial charge in [0, 0.05) is 30.6 Å². The molecule has 4 nitrogen and oxygen atoms in total. The first-order chi connectivity index (χ1) is 11.6.